The van der Waals surface area contributed by atoms with E-state index in [0.29, 0.717) is 11.9 Å². The zero-order chi connectivity index (χ0) is 19.3. The maximum absolute atomic E-state index is 12.6. The van der Waals surface area contributed by atoms with Gasteiger partial charge in [0.15, 0.2) is 6.10 Å². The molecule has 0 bridgehead atoms. The first-order chi connectivity index (χ1) is 12.2. The quantitative estimate of drug-likeness (QED) is 0.659. The van der Waals surface area contributed by atoms with E-state index in [4.69, 9.17) is 25.8 Å². The minimum atomic E-state index is -4.54. The van der Waals surface area contributed by atoms with Gasteiger partial charge in [-0.3, -0.25) is 0 Å². The minimum Gasteiger partial charge on any atom is -0.479 e. The third kappa shape index (κ3) is 5.26. The van der Waals surface area contributed by atoms with Gasteiger partial charge in [0, 0.05) is 6.20 Å². The molecule has 0 aliphatic rings. The molecule has 1 heterocycles. The Bertz CT molecular complexity index is 766. The first-order valence-corrected chi connectivity index (χ1v) is 7.92. The molecular formula is C17H15ClF3NO4. The van der Waals surface area contributed by atoms with Crippen molar-refractivity contribution >= 4 is 17.6 Å². The second kappa shape index (κ2) is 8.27. The molecule has 0 amide bonds. The van der Waals surface area contributed by atoms with E-state index in [9.17, 15) is 18.0 Å². The number of rotatable bonds is 6. The highest BCUT2D eigenvalue weighted by molar-refractivity contribution is 6.31. The summed E-state index contributed by atoms with van der Waals surface area (Å²) in [7, 11) is 0. The molecule has 0 aliphatic heterocycles. The third-order valence-electron chi connectivity index (χ3n) is 3.10. The largest absolute Gasteiger partial charge is 0.479 e. The topological polar surface area (TPSA) is 57.7 Å². The summed E-state index contributed by atoms with van der Waals surface area (Å²) in [4.78, 5) is 15.1. The first kappa shape index (κ1) is 19.8. The summed E-state index contributed by atoms with van der Waals surface area (Å²) in [5.41, 5.74) is -0.966. The van der Waals surface area contributed by atoms with E-state index in [0.717, 1.165) is 6.07 Å². The number of benzene rings is 1. The van der Waals surface area contributed by atoms with Gasteiger partial charge in [-0.15, -0.1) is 0 Å². The van der Waals surface area contributed by atoms with Crippen molar-refractivity contribution in [2.45, 2.75) is 26.1 Å². The van der Waals surface area contributed by atoms with E-state index >= 15 is 0 Å². The number of hydrogen-bond acceptors (Lipinski definition) is 5. The molecular weight excluding hydrogens is 375 g/mol. The van der Waals surface area contributed by atoms with Crippen LogP contribution < -0.4 is 9.47 Å². The van der Waals surface area contributed by atoms with Gasteiger partial charge < -0.3 is 14.2 Å². The lowest BCUT2D eigenvalue weighted by Crippen LogP contribution is -2.25. The summed E-state index contributed by atoms with van der Waals surface area (Å²) in [6.45, 7) is 3.49. The SMILES string of the molecule is CCOC(=O)C(C)Oc1ccc(Oc2ncc(C(F)(F)F)cc2Cl)cc1. The smallest absolute Gasteiger partial charge is 0.417 e. The molecule has 0 radical (unpaired) electrons. The number of esters is 1. The van der Waals surface area contributed by atoms with Crippen molar-refractivity contribution in [3.8, 4) is 17.4 Å². The molecule has 2 aromatic rings. The average Bonchev–Trinajstić information content (AvgIpc) is 2.57. The van der Waals surface area contributed by atoms with Gasteiger partial charge in [0.25, 0.3) is 0 Å². The molecule has 0 saturated heterocycles. The molecule has 0 aliphatic carbocycles. The molecule has 0 fully saturated rings. The van der Waals surface area contributed by atoms with Gasteiger partial charge in [-0.05, 0) is 44.2 Å². The summed E-state index contributed by atoms with van der Waals surface area (Å²) in [6, 6.07) is 6.81. The summed E-state index contributed by atoms with van der Waals surface area (Å²) in [5, 5.41) is -0.268. The molecule has 0 spiro atoms. The fraction of sp³-hybridized carbons (Fsp3) is 0.294. The number of alkyl halides is 3. The van der Waals surface area contributed by atoms with Crippen LogP contribution in [0.2, 0.25) is 5.02 Å². The van der Waals surface area contributed by atoms with Gasteiger partial charge in [0.2, 0.25) is 5.88 Å². The fourth-order valence-corrected chi connectivity index (χ4v) is 2.07. The predicted molar refractivity (Wildman–Crippen MR) is 87.5 cm³/mol. The summed E-state index contributed by atoms with van der Waals surface area (Å²) in [5.74, 6) is 0.0291. The molecule has 140 valence electrons. The Morgan fingerprint density at radius 3 is 2.38 bits per heavy atom. The first-order valence-electron chi connectivity index (χ1n) is 7.54. The monoisotopic (exact) mass is 389 g/mol. The number of halogens is 4. The molecule has 2 rings (SSSR count). The van der Waals surface area contributed by atoms with Gasteiger partial charge in [0.1, 0.15) is 16.5 Å². The van der Waals surface area contributed by atoms with E-state index in [1.807, 2.05) is 0 Å². The molecule has 9 heteroatoms. The molecule has 0 saturated carbocycles. The van der Waals surface area contributed by atoms with Gasteiger partial charge in [-0.1, -0.05) is 11.6 Å². The van der Waals surface area contributed by atoms with Crippen LogP contribution in [0.25, 0.3) is 0 Å². The van der Waals surface area contributed by atoms with Crippen molar-refractivity contribution in [3.63, 3.8) is 0 Å². The molecule has 1 atom stereocenters. The molecule has 26 heavy (non-hydrogen) atoms. The van der Waals surface area contributed by atoms with E-state index in [2.05, 4.69) is 4.98 Å². The Morgan fingerprint density at radius 1 is 1.23 bits per heavy atom. The van der Waals surface area contributed by atoms with Gasteiger partial charge in [-0.25, -0.2) is 9.78 Å². The number of carbonyl (C=O) groups excluding carboxylic acids is 1. The number of ether oxygens (including phenoxy) is 3. The Labute approximate surface area is 152 Å². The molecule has 1 unspecified atom stereocenters. The zero-order valence-electron chi connectivity index (χ0n) is 13.8. The van der Waals surface area contributed by atoms with Gasteiger partial charge >= 0.3 is 12.1 Å². The van der Waals surface area contributed by atoms with Gasteiger partial charge in [-0.2, -0.15) is 13.2 Å². The lowest BCUT2D eigenvalue weighted by molar-refractivity contribution is -0.150. The van der Waals surface area contributed by atoms with Crippen LogP contribution >= 0.6 is 11.6 Å². The number of carbonyl (C=O) groups is 1. The Balaban J connectivity index is 2.04. The second-order valence-corrected chi connectivity index (χ2v) is 5.50. The maximum atomic E-state index is 12.6. The van der Waals surface area contributed by atoms with Crippen molar-refractivity contribution in [1.82, 2.24) is 4.98 Å². The summed E-state index contributed by atoms with van der Waals surface area (Å²) >= 11 is 5.79. The van der Waals surface area contributed by atoms with Crippen LogP contribution in [0.3, 0.4) is 0 Å². The second-order valence-electron chi connectivity index (χ2n) is 5.09. The van der Waals surface area contributed by atoms with Crippen LogP contribution in [0.1, 0.15) is 19.4 Å². The summed E-state index contributed by atoms with van der Waals surface area (Å²) in [6.07, 6.45) is -4.68. The van der Waals surface area contributed by atoms with Crippen molar-refractivity contribution in [3.05, 3.63) is 47.1 Å². The van der Waals surface area contributed by atoms with Crippen molar-refractivity contribution in [2.75, 3.05) is 6.61 Å². The fourth-order valence-electron chi connectivity index (χ4n) is 1.87. The molecule has 0 N–H and O–H groups in total. The van der Waals surface area contributed by atoms with Crippen LogP contribution in [0, 0.1) is 0 Å². The van der Waals surface area contributed by atoms with Crippen molar-refractivity contribution in [2.24, 2.45) is 0 Å². The van der Waals surface area contributed by atoms with Crippen LogP contribution in [0.5, 0.6) is 17.4 Å². The zero-order valence-corrected chi connectivity index (χ0v) is 14.6. The summed E-state index contributed by atoms with van der Waals surface area (Å²) < 4.78 is 53.4. The van der Waals surface area contributed by atoms with Crippen molar-refractivity contribution in [1.29, 1.82) is 0 Å². The molecule has 1 aromatic carbocycles. The van der Waals surface area contributed by atoms with Gasteiger partial charge in [0.05, 0.1) is 12.2 Å². The van der Waals surface area contributed by atoms with E-state index in [-0.39, 0.29) is 23.3 Å². The van der Waals surface area contributed by atoms with E-state index in [1.165, 1.54) is 24.3 Å². The van der Waals surface area contributed by atoms with Crippen molar-refractivity contribution < 1.29 is 32.2 Å². The minimum absolute atomic E-state index is 0.159. The highest BCUT2D eigenvalue weighted by atomic mass is 35.5. The van der Waals surface area contributed by atoms with Crippen LogP contribution in [0.15, 0.2) is 36.5 Å². The Kier molecular flexibility index (Phi) is 6.31. The van der Waals surface area contributed by atoms with Crippen LogP contribution in [0.4, 0.5) is 13.2 Å². The van der Waals surface area contributed by atoms with Crippen LogP contribution in [-0.2, 0) is 15.7 Å². The lowest BCUT2D eigenvalue weighted by Gasteiger charge is -2.14. The number of hydrogen-bond donors (Lipinski definition) is 0. The number of pyridine rings is 1. The third-order valence-corrected chi connectivity index (χ3v) is 3.38. The number of nitrogens with zero attached hydrogens (tertiary/aromatic N) is 1. The average molecular weight is 390 g/mol. The predicted octanol–water partition coefficient (Wildman–Crippen LogP) is 4.88. The Morgan fingerprint density at radius 2 is 1.85 bits per heavy atom. The highest BCUT2D eigenvalue weighted by Gasteiger charge is 2.31. The Hall–Kier alpha value is -2.48. The normalized spacial score (nSPS) is 12.4. The van der Waals surface area contributed by atoms with E-state index < -0.39 is 23.8 Å². The lowest BCUT2D eigenvalue weighted by atomic mass is 10.3. The molecule has 5 nitrogen and oxygen atoms in total. The highest BCUT2D eigenvalue weighted by Crippen LogP contribution is 2.34. The maximum Gasteiger partial charge on any atom is 0.417 e. The van der Waals surface area contributed by atoms with E-state index in [1.54, 1.807) is 13.8 Å². The van der Waals surface area contributed by atoms with Crippen LogP contribution in [-0.4, -0.2) is 23.7 Å². The molecule has 1 aromatic heterocycles. The number of aromatic nitrogens is 1. The standard InChI is InChI=1S/C17H15ClF3NO4/c1-3-24-16(23)10(2)25-12-4-6-13(7-5-12)26-15-14(18)8-11(9-22-15)17(19,20)21/h4-10H,3H2,1-2H3.